The second-order valence-corrected chi connectivity index (χ2v) is 12.6. The smallest absolute Gasteiger partial charge is 0.319 e. The zero-order valence-electron chi connectivity index (χ0n) is 21.3. The molecule has 2 heterocycles. The van der Waals surface area contributed by atoms with E-state index in [-0.39, 0.29) is 18.1 Å². The molecule has 2 aliphatic carbocycles. The Balaban J connectivity index is 1.37. The van der Waals surface area contributed by atoms with Crippen molar-refractivity contribution in [3.8, 4) is 11.4 Å². The Bertz CT molecular complexity index is 1440. The Morgan fingerprint density at radius 1 is 1.05 bits per heavy atom. The van der Waals surface area contributed by atoms with Gasteiger partial charge in [0.2, 0.25) is 0 Å². The molecule has 6 rings (SSSR count). The van der Waals surface area contributed by atoms with Gasteiger partial charge in [0.25, 0.3) is 0 Å². The summed E-state index contributed by atoms with van der Waals surface area (Å²) in [7, 11) is -3.65. The van der Waals surface area contributed by atoms with Gasteiger partial charge in [-0.1, -0.05) is 18.2 Å². The molecule has 1 aromatic heterocycles. The number of morpholine rings is 1. The van der Waals surface area contributed by atoms with Gasteiger partial charge in [-0.2, -0.15) is 0 Å². The summed E-state index contributed by atoms with van der Waals surface area (Å²) in [6.07, 6.45) is 3.06. The van der Waals surface area contributed by atoms with Crippen LogP contribution in [-0.4, -0.2) is 56.3 Å². The summed E-state index contributed by atoms with van der Waals surface area (Å²) in [6.45, 7) is 3.89. The average molecular weight is 534 g/mol. The number of urea groups is 1. The van der Waals surface area contributed by atoms with E-state index in [9.17, 15) is 13.2 Å². The summed E-state index contributed by atoms with van der Waals surface area (Å²) < 4.78 is 32.2. The van der Waals surface area contributed by atoms with E-state index in [0.717, 1.165) is 18.4 Å². The van der Waals surface area contributed by atoms with Crippen molar-refractivity contribution in [3.05, 3.63) is 66.4 Å². The van der Waals surface area contributed by atoms with Gasteiger partial charge in [0.1, 0.15) is 10.6 Å². The first-order valence-corrected chi connectivity index (χ1v) is 14.6. The van der Waals surface area contributed by atoms with Crippen LogP contribution in [0.3, 0.4) is 0 Å². The molecule has 10 heteroatoms. The van der Waals surface area contributed by atoms with Gasteiger partial charge >= 0.3 is 6.03 Å². The first kappa shape index (κ1) is 24.8. The van der Waals surface area contributed by atoms with Gasteiger partial charge in [-0.15, -0.1) is 0 Å². The molecular weight excluding hydrogens is 502 g/mol. The van der Waals surface area contributed by atoms with Crippen LogP contribution in [0.15, 0.2) is 65.6 Å². The van der Waals surface area contributed by atoms with Gasteiger partial charge in [-0.05, 0) is 69.0 Å². The number of carbonyl (C=O) groups is 1. The number of ether oxygens (including phenoxy) is 1. The van der Waals surface area contributed by atoms with Crippen LogP contribution in [0.2, 0.25) is 0 Å². The third-order valence-corrected chi connectivity index (χ3v) is 9.97. The number of nitrogens with one attached hydrogen (secondary N) is 2. The highest BCUT2D eigenvalue weighted by atomic mass is 32.2. The fraction of sp³-hybridized carbons (Fsp3) is 0.393. The van der Waals surface area contributed by atoms with Gasteiger partial charge in [-0.25, -0.2) is 23.2 Å². The molecule has 2 saturated carbocycles. The van der Waals surface area contributed by atoms with Crippen molar-refractivity contribution < 1.29 is 17.9 Å². The van der Waals surface area contributed by atoms with Crippen LogP contribution in [0.1, 0.15) is 38.3 Å². The predicted molar refractivity (Wildman–Crippen MR) is 145 cm³/mol. The summed E-state index contributed by atoms with van der Waals surface area (Å²) in [4.78, 5) is 24.3. The maximum absolute atomic E-state index is 13.8. The standard InChI is InChI=1S/C28H31N5O4S/c1-19-18-37-16-15-33(19)25-17-24(28(13-14-28)38(35,36)23-5-3-2-4-6-23)31-26(32-25)20-7-9-21(10-8-20)29-27(34)30-22-11-12-22/h2-10,17,19,22H,11-16,18H2,1H3,(H2,29,30,34)/t19-/m0/s1. The number of rotatable bonds is 7. The van der Waals surface area contributed by atoms with Crippen molar-refractivity contribution >= 4 is 27.4 Å². The summed E-state index contributed by atoms with van der Waals surface area (Å²) >= 11 is 0. The third kappa shape index (κ3) is 4.74. The van der Waals surface area contributed by atoms with Crippen molar-refractivity contribution in [1.82, 2.24) is 15.3 Å². The van der Waals surface area contributed by atoms with Gasteiger partial charge in [0, 0.05) is 29.9 Å². The molecule has 3 fully saturated rings. The van der Waals surface area contributed by atoms with Crippen LogP contribution in [0, 0.1) is 0 Å². The van der Waals surface area contributed by atoms with Crippen LogP contribution < -0.4 is 15.5 Å². The summed E-state index contributed by atoms with van der Waals surface area (Å²) in [6, 6.07) is 17.9. The SMILES string of the molecule is C[C@H]1COCCN1c1cc(C2(S(=O)(=O)c3ccccc3)CC2)nc(-c2ccc(NC(=O)NC3CC3)cc2)n1. The summed E-state index contributed by atoms with van der Waals surface area (Å²) in [5, 5.41) is 5.76. The lowest BCUT2D eigenvalue weighted by Crippen LogP contribution is -2.44. The minimum atomic E-state index is -3.65. The van der Waals surface area contributed by atoms with E-state index in [0.29, 0.717) is 60.5 Å². The Hall–Kier alpha value is -3.50. The molecule has 1 atom stereocenters. The van der Waals surface area contributed by atoms with Gasteiger partial charge in [0.15, 0.2) is 15.7 Å². The highest BCUT2D eigenvalue weighted by Crippen LogP contribution is 2.55. The Kier molecular flexibility index (Phi) is 6.31. The topological polar surface area (TPSA) is 114 Å². The number of amides is 2. The fourth-order valence-electron chi connectivity index (χ4n) is 4.90. The van der Waals surface area contributed by atoms with Crippen molar-refractivity contribution in [3.63, 3.8) is 0 Å². The molecule has 9 nitrogen and oxygen atoms in total. The van der Waals surface area contributed by atoms with E-state index < -0.39 is 14.6 Å². The monoisotopic (exact) mass is 533 g/mol. The van der Waals surface area contributed by atoms with Crippen LogP contribution in [-0.2, 0) is 19.3 Å². The van der Waals surface area contributed by atoms with Crippen molar-refractivity contribution in [2.75, 3.05) is 30.0 Å². The first-order chi connectivity index (χ1) is 18.4. The molecule has 2 aromatic carbocycles. The largest absolute Gasteiger partial charge is 0.377 e. The zero-order valence-corrected chi connectivity index (χ0v) is 22.1. The highest BCUT2D eigenvalue weighted by Gasteiger charge is 2.58. The molecule has 38 heavy (non-hydrogen) atoms. The van der Waals surface area contributed by atoms with Crippen LogP contribution >= 0.6 is 0 Å². The maximum atomic E-state index is 13.8. The van der Waals surface area contributed by atoms with Gasteiger partial charge < -0.3 is 20.3 Å². The molecule has 2 amide bonds. The number of hydrogen-bond donors (Lipinski definition) is 2. The molecular formula is C28H31N5O4S. The summed E-state index contributed by atoms with van der Waals surface area (Å²) in [5.74, 6) is 1.15. The number of sulfone groups is 1. The molecule has 0 unspecified atom stereocenters. The third-order valence-electron chi connectivity index (χ3n) is 7.43. The number of aromatic nitrogens is 2. The van der Waals surface area contributed by atoms with Crippen LogP contribution in [0.4, 0.5) is 16.3 Å². The number of carbonyl (C=O) groups excluding carboxylic acids is 1. The maximum Gasteiger partial charge on any atom is 0.319 e. The fourth-order valence-corrected chi connectivity index (χ4v) is 6.88. The van der Waals surface area contributed by atoms with Crippen LogP contribution in [0.25, 0.3) is 11.4 Å². The molecule has 0 spiro atoms. The minimum Gasteiger partial charge on any atom is -0.377 e. The van der Waals surface area contributed by atoms with E-state index in [1.807, 2.05) is 36.4 Å². The number of nitrogens with zero attached hydrogens (tertiary/aromatic N) is 3. The van der Waals surface area contributed by atoms with E-state index in [4.69, 9.17) is 14.7 Å². The molecule has 0 bridgehead atoms. The van der Waals surface area contributed by atoms with E-state index >= 15 is 0 Å². The zero-order chi connectivity index (χ0) is 26.3. The first-order valence-electron chi connectivity index (χ1n) is 13.1. The Labute approximate surface area is 222 Å². The lowest BCUT2D eigenvalue weighted by Gasteiger charge is -2.34. The normalized spacial score (nSPS) is 20.6. The van der Waals surface area contributed by atoms with Crippen molar-refractivity contribution in [2.24, 2.45) is 0 Å². The van der Waals surface area contributed by atoms with Gasteiger partial charge in [-0.3, -0.25) is 0 Å². The quantitative estimate of drug-likeness (QED) is 0.470. The predicted octanol–water partition coefficient (Wildman–Crippen LogP) is 4.12. The molecule has 1 aliphatic heterocycles. The molecule has 1 saturated heterocycles. The molecule has 3 aromatic rings. The highest BCUT2D eigenvalue weighted by molar-refractivity contribution is 7.92. The average Bonchev–Trinajstić information content (AvgIpc) is 3.85. The molecule has 198 valence electrons. The second-order valence-electron chi connectivity index (χ2n) is 10.3. The number of anilines is 2. The van der Waals surface area contributed by atoms with Gasteiger partial charge in [0.05, 0.1) is 29.8 Å². The second kappa shape index (κ2) is 9.67. The van der Waals surface area contributed by atoms with E-state index in [1.54, 1.807) is 24.3 Å². The molecule has 0 radical (unpaired) electrons. The Morgan fingerprint density at radius 3 is 2.45 bits per heavy atom. The molecule has 2 N–H and O–H groups in total. The van der Waals surface area contributed by atoms with Crippen molar-refractivity contribution in [2.45, 2.75) is 54.3 Å². The number of benzene rings is 2. The van der Waals surface area contributed by atoms with Crippen molar-refractivity contribution in [1.29, 1.82) is 0 Å². The Morgan fingerprint density at radius 2 is 1.79 bits per heavy atom. The number of hydrogen-bond acceptors (Lipinski definition) is 7. The van der Waals surface area contributed by atoms with E-state index in [2.05, 4.69) is 22.5 Å². The minimum absolute atomic E-state index is 0.0942. The lowest BCUT2D eigenvalue weighted by atomic mass is 10.1. The van der Waals surface area contributed by atoms with E-state index in [1.165, 1.54) is 0 Å². The molecule has 3 aliphatic rings. The lowest BCUT2D eigenvalue weighted by molar-refractivity contribution is 0.0985. The summed E-state index contributed by atoms with van der Waals surface area (Å²) in [5.41, 5.74) is 1.93. The van der Waals surface area contributed by atoms with Crippen LogP contribution in [0.5, 0.6) is 0 Å².